The Bertz CT molecular complexity index is 254. The first-order valence-electron chi connectivity index (χ1n) is 3.31. The van der Waals surface area contributed by atoms with Crippen molar-refractivity contribution in [2.45, 2.75) is 6.18 Å². The average molecular weight is 174 g/mol. The Kier molecular flexibility index (Phi) is 2.42. The fraction of sp³-hybridized carbons (Fsp3) is 0.143. The number of halogens is 3. The summed E-state index contributed by atoms with van der Waals surface area (Å²) in [6, 6.07) is 4.41. The van der Waals surface area contributed by atoms with E-state index in [0.717, 1.165) is 12.1 Å². The van der Waals surface area contributed by atoms with Crippen LogP contribution < -0.4 is 5.46 Å². The highest BCUT2D eigenvalue weighted by molar-refractivity contribution is 6.45. The second-order valence-corrected chi connectivity index (χ2v) is 2.35. The lowest BCUT2D eigenvalue weighted by atomic mass is 9.88. The molecule has 0 saturated carbocycles. The third-order valence-corrected chi connectivity index (χ3v) is 1.46. The quantitative estimate of drug-likeness (QED) is 0.620. The number of alkyl halides is 3. The van der Waals surface area contributed by atoms with Crippen LogP contribution in [0.4, 0.5) is 13.2 Å². The summed E-state index contributed by atoms with van der Waals surface area (Å²) >= 11 is 0. The maximum atomic E-state index is 12.0. The second kappa shape index (κ2) is 3.19. The monoisotopic (exact) mass is 174 g/mol. The Morgan fingerprint density at radius 3 is 1.92 bits per heavy atom. The molecule has 0 aliphatic carbocycles. The van der Waals surface area contributed by atoms with E-state index in [4.69, 9.17) is 5.02 Å². The molecule has 1 aromatic carbocycles. The van der Waals surface area contributed by atoms with Gasteiger partial charge in [0.05, 0.1) is 5.56 Å². The lowest BCUT2D eigenvalue weighted by Gasteiger charge is -2.05. The highest BCUT2D eigenvalue weighted by Crippen LogP contribution is 2.27. The van der Waals surface area contributed by atoms with E-state index in [9.17, 15) is 13.2 Å². The molecule has 1 rings (SSSR count). The van der Waals surface area contributed by atoms with Crippen LogP contribution in [-0.4, -0.2) is 12.5 Å². The molecule has 12 heavy (non-hydrogen) atoms. The molecule has 0 aromatic heterocycles. The van der Waals surface area contributed by atoms with Crippen LogP contribution in [0.5, 0.6) is 0 Å². The molecule has 1 nitrogen and oxygen atoms in total. The summed E-state index contributed by atoms with van der Waals surface area (Å²) in [6.45, 7) is 0. The summed E-state index contributed by atoms with van der Waals surface area (Å²) in [4.78, 5) is 0. The number of rotatable bonds is 1. The smallest absolute Gasteiger partial charge is 0.416 e. The summed E-state index contributed by atoms with van der Waals surface area (Å²) < 4.78 is 35.9. The fourth-order valence-corrected chi connectivity index (χ4v) is 0.799. The normalized spacial score (nSPS) is 11.3. The molecule has 0 aliphatic heterocycles. The highest BCUT2D eigenvalue weighted by atomic mass is 19.4. The lowest BCUT2D eigenvalue weighted by Crippen LogP contribution is -2.14. The molecule has 0 amide bonds. The van der Waals surface area contributed by atoms with Gasteiger partial charge in [-0.3, -0.25) is 0 Å². The van der Waals surface area contributed by atoms with Gasteiger partial charge in [-0.15, -0.1) is 0 Å². The first-order chi connectivity index (χ1) is 5.54. The van der Waals surface area contributed by atoms with E-state index in [1.54, 1.807) is 0 Å². The van der Waals surface area contributed by atoms with Gasteiger partial charge in [0.15, 0.2) is 0 Å². The van der Waals surface area contributed by atoms with Crippen molar-refractivity contribution in [3.63, 3.8) is 0 Å². The number of benzene rings is 1. The number of hydrogen-bond donors (Lipinski definition) is 1. The minimum absolute atomic E-state index is 0.238. The molecule has 0 saturated heterocycles. The van der Waals surface area contributed by atoms with Crippen molar-refractivity contribution in [3.05, 3.63) is 29.8 Å². The van der Waals surface area contributed by atoms with Gasteiger partial charge >= 0.3 is 13.7 Å². The predicted octanol–water partition coefficient (Wildman–Crippen LogP) is 0.675. The van der Waals surface area contributed by atoms with Crippen molar-refractivity contribution in [2.75, 3.05) is 0 Å². The summed E-state index contributed by atoms with van der Waals surface area (Å²) in [7, 11) is -0.238. The molecule has 0 heterocycles. The third-order valence-electron chi connectivity index (χ3n) is 1.46. The zero-order valence-corrected chi connectivity index (χ0v) is 6.10. The Morgan fingerprint density at radius 2 is 1.58 bits per heavy atom. The summed E-state index contributed by atoms with van der Waals surface area (Å²) in [5, 5.41) is 8.55. The van der Waals surface area contributed by atoms with Gasteiger partial charge < -0.3 is 5.02 Å². The Balaban J connectivity index is 2.93. The van der Waals surface area contributed by atoms with Crippen molar-refractivity contribution < 1.29 is 18.2 Å². The molecule has 0 aliphatic rings. The summed E-state index contributed by atoms with van der Waals surface area (Å²) in [5.74, 6) is 0. The third kappa shape index (κ3) is 2.01. The number of hydrogen-bond acceptors (Lipinski definition) is 1. The molecule has 0 radical (unpaired) electrons. The maximum Gasteiger partial charge on any atom is 0.416 e. The maximum absolute atomic E-state index is 12.0. The van der Waals surface area contributed by atoms with Crippen LogP contribution in [0.2, 0.25) is 0 Å². The first kappa shape index (κ1) is 9.13. The topological polar surface area (TPSA) is 20.2 Å². The van der Waals surface area contributed by atoms with Gasteiger partial charge in [-0.25, -0.2) is 0 Å². The molecule has 1 N–H and O–H groups in total. The standard InChI is InChI=1S/C7H6BF3O/c9-7(10,11)5-1-3-6(8-12)4-2-5/h1-4,8,12H. The van der Waals surface area contributed by atoms with Crippen molar-refractivity contribution in [1.29, 1.82) is 0 Å². The van der Waals surface area contributed by atoms with Crippen molar-refractivity contribution in [3.8, 4) is 0 Å². The van der Waals surface area contributed by atoms with Crippen LogP contribution >= 0.6 is 0 Å². The zero-order valence-electron chi connectivity index (χ0n) is 6.10. The van der Waals surface area contributed by atoms with Gasteiger partial charge in [0, 0.05) is 0 Å². The fourth-order valence-electron chi connectivity index (χ4n) is 0.799. The lowest BCUT2D eigenvalue weighted by molar-refractivity contribution is -0.137. The van der Waals surface area contributed by atoms with Crippen molar-refractivity contribution in [2.24, 2.45) is 0 Å². The van der Waals surface area contributed by atoms with E-state index < -0.39 is 11.7 Å². The first-order valence-corrected chi connectivity index (χ1v) is 3.31. The van der Waals surface area contributed by atoms with Gasteiger partial charge in [-0.05, 0) is 0 Å². The predicted molar refractivity (Wildman–Crippen MR) is 40.4 cm³/mol. The van der Waals surface area contributed by atoms with Gasteiger partial charge in [0.25, 0.3) is 0 Å². The SMILES string of the molecule is OBc1ccc(C(F)(F)F)cc1. The highest BCUT2D eigenvalue weighted by Gasteiger charge is 2.29. The van der Waals surface area contributed by atoms with E-state index in [0.29, 0.717) is 5.46 Å². The van der Waals surface area contributed by atoms with Crippen LogP contribution in [0.25, 0.3) is 0 Å². The molecule has 0 atom stereocenters. The van der Waals surface area contributed by atoms with Crippen LogP contribution in [0, 0.1) is 0 Å². The zero-order chi connectivity index (χ0) is 9.19. The molecule has 0 unspecified atom stereocenters. The minimum Gasteiger partial charge on any atom is -0.449 e. The van der Waals surface area contributed by atoms with Gasteiger partial charge in [-0.1, -0.05) is 29.7 Å². The van der Waals surface area contributed by atoms with Gasteiger partial charge in [0.1, 0.15) is 0 Å². The summed E-state index contributed by atoms with van der Waals surface area (Å²) in [6.07, 6.45) is -4.30. The molecule has 64 valence electrons. The van der Waals surface area contributed by atoms with Crippen molar-refractivity contribution in [1.82, 2.24) is 0 Å². The summed E-state index contributed by atoms with van der Waals surface area (Å²) in [5.41, 5.74) is -0.220. The van der Waals surface area contributed by atoms with E-state index in [1.165, 1.54) is 12.1 Å². The molecular formula is C7H6BF3O. The Labute approximate surface area is 68.1 Å². The molecule has 0 fully saturated rings. The van der Waals surface area contributed by atoms with Crippen LogP contribution in [0.1, 0.15) is 5.56 Å². The van der Waals surface area contributed by atoms with Crippen LogP contribution in [-0.2, 0) is 6.18 Å². The van der Waals surface area contributed by atoms with Gasteiger partial charge in [-0.2, -0.15) is 13.2 Å². The van der Waals surface area contributed by atoms with E-state index in [2.05, 4.69) is 0 Å². The van der Waals surface area contributed by atoms with Crippen LogP contribution in [0.15, 0.2) is 24.3 Å². The minimum atomic E-state index is -4.30. The van der Waals surface area contributed by atoms with Crippen molar-refractivity contribution >= 4 is 12.9 Å². The molecule has 5 heteroatoms. The largest absolute Gasteiger partial charge is 0.449 e. The average Bonchev–Trinajstić information content (AvgIpc) is 2.03. The second-order valence-electron chi connectivity index (χ2n) is 2.35. The van der Waals surface area contributed by atoms with Crippen LogP contribution in [0.3, 0.4) is 0 Å². The Morgan fingerprint density at radius 1 is 1.08 bits per heavy atom. The Hall–Kier alpha value is -0.965. The van der Waals surface area contributed by atoms with E-state index >= 15 is 0 Å². The molecule has 0 bridgehead atoms. The molecule has 0 spiro atoms. The van der Waals surface area contributed by atoms with E-state index in [1.807, 2.05) is 0 Å². The molecular weight excluding hydrogens is 168 g/mol. The van der Waals surface area contributed by atoms with E-state index in [-0.39, 0.29) is 7.48 Å². The molecule has 1 aromatic rings. The van der Waals surface area contributed by atoms with Gasteiger partial charge in [0.2, 0.25) is 0 Å².